The summed E-state index contributed by atoms with van der Waals surface area (Å²) < 4.78 is 5.33. The van der Waals surface area contributed by atoms with E-state index < -0.39 is 0 Å². The highest BCUT2D eigenvalue weighted by Gasteiger charge is 2.25. The van der Waals surface area contributed by atoms with Crippen molar-refractivity contribution in [3.63, 3.8) is 0 Å². The quantitative estimate of drug-likeness (QED) is 0.831. The summed E-state index contributed by atoms with van der Waals surface area (Å²) in [4.78, 5) is 11.9. The van der Waals surface area contributed by atoms with Crippen molar-refractivity contribution in [2.24, 2.45) is 11.7 Å². The summed E-state index contributed by atoms with van der Waals surface area (Å²) >= 11 is 0. The first-order chi connectivity index (χ1) is 8.69. The van der Waals surface area contributed by atoms with E-state index in [1.807, 2.05) is 19.1 Å². The van der Waals surface area contributed by atoms with Crippen molar-refractivity contribution >= 4 is 5.91 Å². The highest BCUT2D eigenvalue weighted by Crippen LogP contribution is 2.24. The molecule has 1 amide bonds. The Morgan fingerprint density at radius 2 is 2.06 bits per heavy atom. The van der Waals surface area contributed by atoms with Crippen LogP contribution in [0.3, 0.4) is 0 Å². The van der Waals surface area contributed by atoms with Gasteiger partial charge in [-0.1, -0.05) is 0 Å². The van der Waals surface area contributed by atoms with Gasteiger partial charge in [0.15, 0.2) is 0 Å². The summed E-state index contributed by atoms with van der Waals surface area (Å²) in [6, 6.07) is 7.53. The van der Waals surface area contributed by atoms with Crippen molar-refractivity contribution in [1.82, 2.24) is 5.32 Å². The minimum atomic E-state index is -0.0291. The molecule has 0 radical (unpaired) electrons. The van der Waals surface area contributed by atoms with E-state index in [0.29, 0.717) is 24.1 Å². The molecule has 2 rings (SSSR count). The van der Waals surface area contributed by atoms with Gasteiger partial charge in [-0.3, -0.25) is 4.79 Å². The maximum atomic E-state index is 11.9. The molecule has 0 heterocycles. The molecule has 1 aromatic rings. The van der Waals surface area contributed by atoms with E-state index in [0.717, 1.165) is 25.1 Å². The third-order valence-electron chi connectivity index (χ3n) is 3.25. The van der Waals surface area contributed by atoms with Crippen LogP contribution in [0.15, 0.2) is 24.3 Å². The van der Waals surface area contributed by atoms with Crippen LogP contribution in [0, 0.1) is 5.92 Å². The number of ether oxygens (including phenoxy) is 1. The summed E-state index contributed by atoms with van der Waals surface area (Å²) in [5.74, 6) is 1.31. The van der Waals surface area contributed by atoms with Crippen molar-refractivity contribution in [2.75, 3.05) is 13.2 Å². The Bertz CT molecular complexity index is 397. The molecule has 0 atom stereocenters. The van der Waals surface area contributed by atoms with E-state index >= 15 is 0 Å². The average Bonchev–Trinajstić information content (AvgIpc) is 2.34. The van der Waals surface area contributed by atoms with Gasteiger partial charge in [-0.2, -0.15) is 0 Å². The van der Waals surface area contributed by atoms with Crippen molar-refractivity contribution in [3.8, 4) is 5.75 Å². The molecule has 0 bridgehead atoms. The number of carbonyl (C=O) groups excluding carboxylic acids is 1. The van der Waals surface area contributed by atoms with Crippen molar-refractivity contribution in [1.29, 1.82) is 0 Å². The topological polar surface area (TPSA) is 64.3 Å². The Hall–Kier alpha value is -1.55. The molecule has 0 unspecified atom stereocenters. The molecule has 4 nitrogen and oxygen atoms in total. The van der Waals surface area contributed by atoms with Crippen molar-refractivity contribution in [2.45, 2.75) is 25.8 Å². The predicted octanol–water partition coefficient (Wildman–Crippen LogP) is 1.55. The zero-order valence-electron chi connectivity index (χ0n) is 10.7. The van der Waals surface area contributed by atoms with E-state index in [1.54, 1.807) is 12.1 Å². The normalized spacial score (nSPS) is 22.1. The maximum absolute atomic E-state index is 11.9. The van der Waals surface area contributed by atoms with Crippen molar-refractivity contribution in [3.05, 3.63) is 29.8 Å². The molecule has 1 fully saturated rings. The standard InChI is InChI=1S/C14H20N2O2/c1-2-18-13-5-3-11(4-6-13)14(17)16-9-10-7-12(15)8-10/h3-6,10,12H,2,7-9,15H2,1H3,(H,16,17). The van der Waals surface area contributed by atoms with Crippen LogP contribution < -0.4 is 15.8 Å². The third-order valence-corrected chi connectivity index (χ3v) is 3.25. The van der Waals surface area contributed by atoms with Gasteiger partial charge in [-0.05, 0) is 49.9 Å². The maximum Gasteiger partial charge on any atom is 0.251 e. The lowest BCUT2D eigenvalue weighted by Crippen LogP contribution is -2.42. The fraction of sp³-hybridized carbons (Fsp3) is 0.500. The van der Waals surface area contributed by atoms with Gasteiger partial charge < -0.3 is 15.8 Å². The summed E-state index contributed by atoms with van der Waals surface area (Å²) in [7, 11) is 0. The smallest absolute Gasteiger partial charge is 0.251 e. The second-order valence-corrected chi connectivity index (χ2v) is 4.76. The molecule has 4 heteroatoms. The Morgan fingerprint density at radius 1 is 1.39 bits per heavy atom. The lowest BCUT2D eigenvalue weighted by Gasteiger charge is -2.32. The molecule has 98 valence electrons. The summed E-state index contributed by atoms with van der Waals surface area (Å²) in [5.41, 5.74) is 6.37. The highest BCUT2D eigenvalue weighted by atomic mass is 16.5. The van der Waals surface area contributed by atoms with Crippen LogP contribution in [0.25, 0.3) is 0 Å². The largest absolute Gasteiger partial charge is 0.494 e. The Kier molecular flexibility index (Phi) is 4.20. The summed E-state index contributed by atoms with van der Waals surface area (Å²) in [6.07, 6.45) is 2.03. The first-order valence-electron chi connectivity index (χ1n) is 6.45. The number of carbonyl (C=O) groups is 1. The van der Waals surface area contributed by atoms with Crippen LogP contribution in [0.1, 0.15) is 30.1 Å². The van der Waals surface area contributed by atoms with Gasteiger partial charge in [-0.25, -0.2) is 0 Å². The lowest BCUT2D eigenvalue weighted by molar-refractivity contribution is 0.0935. The van der Waals surface area contributed by atoms with Crippen LogP contribution in [0.2, 0.25) is 0 Å². The predicted molar refractivity (Wildman–Crippen MR) is 70.6 cm³/mol. The van der Waals surface area contributed by atoms with Crippen LogP contribution in [0.5, 0.6) is 5.75 Å². The van der Waals surface area contributed by atoms with E-state index in [4.69, 9.17) is 10.5 Å². The van der Waals surface area contributed by atoms with E-state index in [2.05, 4.69) is 5.32 Å². The molecule has 1 aliphatic rings. The van der Waals surface area contributed by atoms with E-state index in [9.17, 15) is 4.79 Å². The minimum absolute atomic E-state index is 0.0291. The number of hydrogen-bond donors (Lipinski definition) is 2. The first kappa shape index (κ1) is 12.9. The number of nitrogens with two attached hydrogens (primary N) is 1. The number of nitrogens with one attached hydrogen (secondary N) is 1. The monoisotopic (exact) mass is 248 g/mol. The molecule has 3 N–H and O–H groups in total. The lowest BCUT2D eigenvalue weighted by atomic mass is 9.81. The minimum Gasteiger partial charge on any atom is -0.494 e. The fourth-order valence-corrected chi connectivity index (χ4v) is 2.16. The zero-order valence-corrected chi connectivity index (χ0v) is 10.7. The van der Waals surface area contributed by atoms with Gasteiger partial charge >= 0.3 is 0 Å². The highest BCUT2D eigenvalue weighted by molar-refractivity contribution is 5.94. The second kappa shape index (κ2) is 5.87. The average molecular weight is 248 g/mol. The molecule has 1 saturated carbocycles. The number of rotatable bonds is 5. The number of hydrogen-bond acceptors (Lipinski definition) is 3. The number of benzene rings is 1. The van der Waals surface area contributed by atoms with Crippen LogP contribution in [-0.2, 0) is 0 Å². The summed E-state index contributed by atoms with van der Waals surface area (Å²) in [6.45, 7) is 3.29. The Morgan fingerprint density at radius 3 is 2.61 bits per heavy atom. The fourth-order valence-electron chi connectivity index (χ4n) is 2.16. The molecular weight excluding hydrogens is 228 g/mol. The first-order valence-corrected chi connectivity index (χ1v) is 6.45. The SMILES string of the molecule is CCOc1ccc(C(=O)NCC2CC(N)C2)cc1. The van der Waals surface area contributed by atoms with Crippen LogP contribution in [-0.4, -0.2) is 25.1 Å². The van der Waals surface area contributed by atoms with Gasteiger partial charge in [0.1, 0.15) is 5.75 Å². The van der Waals surface area contributed by atoms with Gasteiger partial charge in [0.05, 0.1) is 6.61 Å². The van der Waals surface area contributed by atoms with E-state index in [-0.39, 0.29) is 5.91 Å². The molecule has 1 aromatic carbocycles. The molecule has 18 heavy (non-hydrogen) atoms. The van der Waals surface area contributed by atoms with Crippen LogP contribution in [0.4, 0.5) is 0 Å². The van der Waals surface area contributed by atoms with Crippen LogP contribution >= 0.6 is 0 Å². The van der Waals surface area contributed by atoms with E-state index in [1.165, 1.54) is 0 Å². The molecule has 1 aliphatic carbocycles. The number of amides is 1. The Labute approximate surface area is 108 Å². The van der Waals surface area contributed by atoms with Gasteiger partial charge in [0, 0.05) is 18.2 Å². The molecule has 0 spiro atoms. The second-order valence-electron chi connectivity index (χ2n) is 4.76. The molecule has 0 aromatic heterocycles. The third kappa shape index (κ3) is 3.23. The molecule has 0 saturated heterocycles. The van der Waals surface area contributed by atoms with Crippen molar-refractivity contribution < 1.29 is 9.53 Å². The molecular formula is C14H20N2O2. The molecule has 0 aliphatic heterocycles. The zero-order chi connectivity index (χ0) is 13.0. The summed E-state index contributed by atoms with van der Waals surface area (Å²) in [5, 5.41) is 2.94. The van der Waals surface area contributed by atoms with Gasteiger partial charge in [0.25, 0.3) is 5.91 Å². The van der Waals surface area contributed by atoms with Gasteiger partial charge in [0.2, 0.25) is 0 Å². The van der Waals surface area contributed by atoms with Gasteiger partial charge in [-0.15, -0.1) is 0 Å². The Balaban J connectivity index is 1.81.